The van der Waals surface area contributed by atoms with Crippen molar-refractivity contribution in [1.29, 1.82) is 0 Å². The van der Waals surface area contributed by atoms with Gasteiger partial charge in [-0.25, -0.2) is 0 Å². The Morgan fingerprint density at radius 3 is 2.75 bits per heavy atom. The minimum atomic E-state index is -0.434. The first-order chi connectivity index (χ1) is 5.73. The molecule has 0 aromatic rings. The highest BCUT2D eigenvalue weighted by molar-refractivity contribution is 6.35. The lowest BCUT2D eigenvalue weighted by Crippen LogP contribution is -2.45. The highest BCUT2D eigenvalue weighted by atomic mass is 35.5. The van der Waals surface area contributed by atoms with Crippen molar-refractivity contribution in [3.05, 3.63) is 0 Å². The minimum Gasteiger partial charge on any atom is -0.298 e. The van der Waals surface area contributed by atoms with Crippen LogP contribution in [0.25, 0.3) is 0 Å². The molecule has 0 aliphatic heterocycles. The Labute approximate surface area is 78.5 Å². The van der Waals surface area contributed by atoms with E-state index < -0.39 is 4.87 Å². The Morgan fingerprint density at radius 1 is 1.25 bits per heavy atom. The summed E-state index contributed by atoms with van der Waals surface area (Å²) in [6.45, 7) is 0. The number of ketones is 1. The van der Waals surface area contributed by atoms with Gasteiger partial charge in [-0.2, -0.15) is 0 Å². The van der Waals surface area contributed by atoms with Gasteiger partial charge in [0, 0.05) is 6.42 Å². The quantitative estimate of drug-likeness (QED) is 0.532. The molecule has 0 N–H and O–H groups in total. The molecule has 2 fully saturated rings. The Kier molecular flexibility index (Phi) is 2.16. The number of hydrogen-bond acceptors (Lipinski definition) is 1. The van der Waals surface area contributed by atoms with Gasteiger partial charge < -0.3 is 0 Å². The van der Waals surface area contributed by atoms with Crippen molar-refractivity contribution in [2.75, 3.05) is 0 Å². The number of fused-ring (bicyclic) bond motifs is 1. The van der Waals surface area contributed by atoms with Gasteiger partial charge in [-0.15, -0.1) is 11.6 Å². The fourth-order valence-electron chi connectivity index (χ4n) is 2.66. The van der Waals surface area contributed by atoms with E-state index in [2.05, 4.69) is 0 Å². The lowest BCUT2D eigenvalue weighted by Gasteiger charge is -2.41. The monoisotopic (exact) mass is 186 g/mol. The molecule has 2 rings (SSSR count). The Balaban J connectivity index is 2.20. The maximum absolute atomic E-state index is 11.6. The summed E-state index contributed by atoms with van der Waals surface area (Å²) >= 11 is 6.38. The highest BCUT2D eigenvalue weighted by Gasteiger charge is 2.46. The van der Waals surface area contributed by atoms with E-state index in [9.17, 15) is 4.79 Å². The molecule has 0 spiro atoms. The van der Waals surface area contributed by atoms with Crippen molar-refractivity contribution in [1.82, 2.24) is 0 Å². The average Bonchev–Trinajstić information content (AvgIpc) is 2.07. The van der Waals surface area contributed by atoms with Gasteiger partial charge in [-0.05, 0) is 31.6 Å². The second-order valence-corrected chi connectivity index (χ2v) is 4.80. The molecule has 0 aromatic carbocycles. The van der Waals surface area contributed by atoms with E-state index in [1.54, 1.807) is 0 Å². The predicted molar refractivity (Wildman–Crippen MR) is 49.4 cm³/mol. The van der Waals surface area contributed by atoms with Gasteiger partial charge in [0.25, 0.3) is 0 Å². The van der Waals surface area contributed by atoms with Crippen LogP contribution in [0.1, 0.15) is 44.9 Å². The molecule has 0 aromatic heterocycles. The van der Waals surface area contributed by atoms with Crippen molar-refractivity contribution < 1.29 is 4.79 Å². The van der Waals surface area contributed by atoms with Crippen LogP contribution in [0.2, 0.25) is 0 Å². The van der Waals surface area contributed by atoms with E-state index in [4.69, 9.17) is 11.6 Å². The largest absolute Gasteiger partial charge is 0.298 e. The minimum absolute atomic E-state index is 0.320. The Bertz CT molecular complexity index is 200. The van der Waals surface area contributed by atoms with Gasteiger partial charge in [-0.1, -0.05) is 12.8 Å². The van der Waals surface area contributed by atoms with Crippen LogP contribution in [0.5, 0.6) is 0 Å². The molecule has 0 amide bonds. The number of hydrogen-bond donors (Lipinski definition) is 0. The Hall–Kier alpha value is -0.0400. The molecule has 2 saturated carbocycles. The summed E-state index contributed by atoms with van der Waals surface area (Å²) in [7, 11) is 0. The summed E-state index contributed by atoms with van der Waals surface area (Å²) in [4.78, 5) is 11.2. The van der Waals surface area contributed by atoms with E-state index in [0.29, 0.717) is 11.7 Å². The fraction of sp³-hybridized carbons (Fsp3) is 0.900. The maximum atomic E-state index is 11.6. The molecule has 1 nitrogen and oxygen atoms in total. The van der Waals surface area contributed by atoms with E-state index in [0.717, 1.165) is 25.7 Å². The summed E-state index contributed by atoms with van der Waals surface area (Å²) in [5, 5.41) is 0. The van der Waals surface area contributed by atoms with Gasteiger partial charge in [0.1, 0.15) is 4.87 Å². The first-order valence-corrected chi connectivity index (χ1v) is 5.33. The smallest absolute Gasteiger partial charge is 0.154 e. The van der Waals surface area contributed by atoms with Crippen LogP contribution in [-0.4, -0.2) is 10.7 Å². The van der Waals surface area contributed by atoms with Crippen molar-refractivity contribution in [3.63, 3.8) is 0 Å². The first-order valence-electron chi connectivity index (χ1n) is 4.96. The molecule has 2 atom stereocenters. The van der Waals surface area contributed by atoms with E-state index in [1.807, 2.05) is 0 Å². The first kappa shape index (κ1) is 8.55. The zero-order valence-electron chi connectivity index (χ0n) is 7.31. The van der Waals surface area contributed by atoms with Gasteiger partial charge in [-0.3, -0.25) is 4.79 Å². The number of halogens is 1. The zero-order chi connectivity index (χ0) is 8.60. The zero-order valence-corrected chi connectivity index (χ0v) is 8.07. The molecular formula is C10H15ClO. The number of rotatable bonds is 0. The van der Waals surface area contributed by atoms with E-state index in [-0.39, 0.29) is 0 Å². The van der Waals surface area contributed by atoms with Crippen LogP contribution in [0, 0.1) is 5.92 Å². The molecular weight excluding hydrogens is 172 g/mol. The molecule has 0 saturated heterocycles. The third-order valence-corrected chi connectivity index (χ3v) is 4.12. The Morgan fingerprint density at radius 2 is 2.00 bits per heavy atom. The number of alkyl halides is 1. The summed E-state index contributed by atoms with van der Waals surface area (Å²) in [6.07, 6.45) is 7.48. The molecule has 0 bridgehead atoms. The third kappa shape index (κ3) is 1.19. The number of Topliss-reactive ketones (excluding diaryl/α,β-unsaturated/α-hetero) is 1. The van der Waals surface area contributed by atoms with Crippen LogP contribution in [0.4, 0.5) is 0 Å². The van der Waals surface area contributed by atoms with Crippen LogP contribution >= 0.6 is 11.6 Å². The number of carbonyl (C=O) groups is 1. The summed E-state index contributed by atoms with van der Waals surface area (Å²) in [5.74, 6) is 0.814. The van der Waals surface area contributed by atoms with Gasteiger partial charge in [0.15, 0.2) is 5.78 Å². The second kappa shape index (κ2) is 3.02. The summed E-state index contributed by atoms with van der Waals surface area (Å²) in [5.41, 5.74) is 0. The van der Waals surface area contributed by atoms with E-state index in [1.165, 1.54) is 19.3 Å². The SMILES string of the molecule is O=C1CCC[C@H]2CCCC[C@@]12Cl. The van der Waals surface area contributed by atoms with Crippen LogP contribution in [-0.2, 0) is 4.79 Å². The second-order valence-electron chi connectivity index (χ2n) is 4.12. The molecule has 2 heteroatoms. The van der Waals surface area contributed by atoms with Crippen molar-refractivity contribution in [2.45, 2.75) is 49.8 Å². The lowest BCUT2D eigenvalue weighted by atomic mass is 9.69. The van der Waals surface area contributed by atoms with Crippen molar-refractivity contribution >= 4 is 17.4 Å². The van der Waals surface area contributed by atoms with Gasteiger partial charge >= 0.3 is 0 Å². The standard InChI is InChI=1S/C10H15ClO/c11-10-7-2-1-4-8(10)5-3-6-9(10)12/h8H,1-7H2/t8-,10+/m1/s1. The summed E-state index contributed by atoms with van der Waals surface area (Å²) < 4.78 is 0. The molecule has 68 valence electrons. The molecule has 0 heterocycles. The molecule has 12 heavy (non-hydrogen) atoms. The average molecular weight is 187 g/mol. The third-order valence-electron chi connectivity index (χ3n) is 3.41. The normalized spacial score (nSPS) is 42.4. The van der Waals surface area contributed by atoms with Gasteiger partial charge in [0.2, 0.25) is 0 Å². The molecule has 0 unspecified atom stereocenters. The maximum Gasteiger partial charge on any atom is 0.154 e. The fourth-order valence-corrected chi connectivity index (χ4v) is 3.11. The molecule has 2 aliphatic rings. The van der Waals surface area contributed by atoms with E-state index >= 15 is 0 Å². The van der Waals surface area contributed by atoms with Crippen LogP contribution < -0.4 is 0 Å². The topological polar surface area (TPSA) is 17.1 Å². The van der Waals surface area contributed by atoms with Crippen molar-refractivity contribution in [2.24, 2.45) is 5.92 Å². The van der Waals surface area contributed by atoms with Gasteiger partial charge in [0.05, 0.1) is 0 Å². The highest BCUT2D eigenvalue weighted by Crippen LogP contribution is 2.46. The lowest BCUT2D eigenvalue weighted by molar-refractivity contribution is -0.126. The van der Waals surface area contributed by atoms with Crippen LogP contribution in [0.15, 0.2) is 0 Å². The summed E-state index contributed by atoms with van der Waals surface area (Å²) in [6, 6.07) is 0. The van der Waals surface area contributed by atoms with Crippen molar-refractivity contribution in [3.8, 4) is 0 Å². The van der Waals surface area contributed by atoms with Crippen LogP contribution in [0.3, 0.4) is 0 Å². The number of carbonyl (C=O) groups excluding carboxylic acids is 1. The molecule has 2 aliphatic carbocycles. The molecule has 0 radical (unpaired) electrons. The predicted octanol–water partition coefficient (Wildman–Crippen LogP) is 2.91.